The Kier molecular flexibility index (Phi) is 13.7. The molecular weight excluding hydrogens is 450 g/mol. The van der Waals surface area contributed by atoms with Gasteiger partial charge in [-0.15, -0.1) is 12.7 Å². The quantitative estimate of drug-likeness (QED) is 0.501. The summed E-state index contributed by atoms with van der Waals surface area (Å²) < 4.78 is 10.0. The van der Waals surface area contributed by atoms with E-state index in [0.29, 0.717) is 41.3 Å². The molecule has 0 saturated carbocycles. The van der Waals surface area contributed by atoms with Gasteiger partial charge in [0.1, 0.15) is 0 Å². The van der Waals surface area contributed by atoms with Gasteiger partial charge in [-0.25, -0.2) is 0 Å². The van der Waals surface area contributed by atoms with Crippen LogP contribution in [-0.2, 0) is 14.3 Å². The molecule has 2 bridgehead atoms. The molecule has 30 heavy (non-hydrogen) atoms. The Morgan fingerprint density at radius 3 is 2.47 bits per heavy atom. The number of pyridine rings is 1. The Labute approximate surface area is 231 Å². The molecule has 3 atom stereocenters. The van der Waals surface area contributed by atoms with Crippen LogP contribution in [0.25, 0.3) is 5.32 Å². The molecule has 4 rings (SSSR count). The predicted octanol–water partition coefficient (Wildman–Crippen LogP) is 3.24. The van der Waals surface area contributed by atoms with Gasteiger partial charge in [0.05, 0.1) is 28.9 Å². The summed E-state index contributed by atoms with van der Waals surface area (Å²) in [6, 6.07) is 7.52. The molecule has 0 radical (unpaired) electrons. The van der Waals surface area contributed by atoms with Crippen LogP contribution in [0.2, 0.25) is 10.0 Å². The van der Waals surface area contributed by atoms with E-state index in [2.05, 4.69) is 28.0 Å². The zero-order chi connectivity index (χ0) is 21.2. The van der Waals surface area contributed by atoms with Gasteiger partial charge in [-0.3, -0.25) is 9.78 Å². The fraction of sp³-hybridized carbons (Fsp3) is 0.455. The SMILES string of the molecule is CCOC=O.C[N-]c1ccc(Cl)c(Cl)c1.Cc1cncc(C2CC3CCC2O3)c1.[K+]. The molecule has 0 amide bonds. The minimum atomic E-state index is 0. The largest absolute Gasteiger partial charge is 1.00 e. The number of rotatable bonds is 4. The number of aryl methyl sites for hydroxylation is 1. The third-order valence-corrected chi connectivity index (χ3v) is 5.57. The second-order valence-electron chi connectivity index (χ2n) is 6.89. The van der Waals surface area contributed by atoms with Crippen molar-refractivity contribution in [3.05, 3.63) is 63.1 Å². The molecule has 2 aromatic rings. The zero-order valence-corrected chi connectivity index (χ0v) is 22.6. The van der Waals surface area contributed by atoms with Crippen LogP contribution in [-0.4, -0.2) is 37.3 Å². The molecule has 0 aliphatic carbocycles. The number of hydrogen-bond acceptors (Lipinski definition) is 4. The molecule has 2 aliphatic heterocycles. The van der Waals surface area contributed by atoms with Crippen molar-refractivity contribution in [2.45, 2.75) is 51.2 Å². The van der Waals surface area contributed by atoms with E-state index in [1.807, 2.05) is 18.5 Å². The van der Waals surface area contributed by atoms with E-state index in [-0.39, 0.29) is 51.4 Å². The van der Waals surface area contributed by atoms with Gasteiger partial charge in [-0.1, -0.05) is 41.4 Å². The second kappa shape index (κ2) is 14.8. The van der Waals surface area contributed by atoms with E-state index in [1.54, 1.807) is 26.1 Å². The van der Waals surface area contributed by atoms with Crippen LogP contribution in [0.4, 0.5) is 5.69 Å². The van der Waals surface area contributed by atoms with Crippen molar-refractivity contribution in [3.8, 4) is 0 Å². The molecule has 1 aromatic carbocycles. The summed E-state index contributed by atoms with van der Waals surface area (Å²) >= 11 is 11.4. The van der Waals surface area contributed by atoms with Gasteiger partial charge in [0.25, 0.3) is 6.47 Å². The first kappa shape index (κ1) is 27.8. The first-order chi connectivity index (χ1) is 14.0. The summed E-state index contributed by atoms with van der Waals surface area (Å²) in [6.45, 7) is 4.77. The maximum absolute atomic E-state index is 9.18. The summed E-state index contributed by atoms with van der Waals surface area (Å²) in [7, 11) is 1.71. The zero-order valence-electron chi connectivity index (χ0n) is 18.0. The van der Waals surface area contributed by atoms with E-state index in [9.17, 15) is 4.79 Å². The molecule has 0 spiro atoms. The van der Waals surface area contributed by atoms with Gasteiger partial charge in [0.2, 0.25) is 0 Å². The Morgan fingerprint density at radius 2 is 2.00 bits per heavy atom. The van der Waals surface area contributed by atoms with Gasteiger partial charge in [0, 0.05) is 18.3 Å². The van der Waals surface area contributed by atoms with Crippen LogP contribution in [0, 0.1) is 6.92 Å². The number of benzene rings is 1. The molecule has 5 nitrogen and oxygen atoms in total. The van der Waals surface area contributed by atoms with Crippen LogP contribution in [0.1, 0.15) is 43.2 Å². The van der Waals surface area contributed by atoms with Gasteiger partial charge in [-0.05, 0) is 50.3 Å². The topological polar surface area (TPSA) is 62.5 Å². The smallest absolute Gasteiger partial charge is 0.687 e. The number of hydrogen-bond donors (Lipinski definition) is 0. The molecule has 2 saturated heterocycles. The molecule has 158 valence electrons. The fourth-order valence-corrected chi connectivity index (χ4v) is 3.75. The van der Waals surface area contributed by atoms with Crippen LogP contribution in [0.3, 0.4) is 0 Å². The third kappa shape index (κ3) is 8.75. The number of nitrogens with zero attached hydrogens (tertiary/aromatic N) is 2. The summed E-state index contributed by atoms with van der Waals surface area (Å²) in [5.41, 5.74) is 3.47. The van der Waals surface area contributed by atoms with Crippen LogP contribution in [0.15, 0.2) is 36.7 Å². The number of fused-ring (bicyclic) bond motifs is 2. The van der Waals surface area contributed by atoms with Crippen molar-refractivity contribution in [2.24, 2.45) is 0 Å². The minimum Gasteiger partial charge on any atom is -0.687 e. The standard InChI is InChI=1S/C12H15NO.C7H6Cl2N.C3H6O2.K/c1-8-4-9(7-13-6-8)11-5-10-2-3-12(11)14-10;1-10-5-2-3-6(8)7(9)4-5;1-2-5-3-4;/h4,6-7,10-12H,2-3,5H2,1H3;2-4H,1H3;3H,2H2,1H3;/q;-1;;+1. The summed E-state index contributed by atoms with van der Waals surface area (Å²) in [6.07, 6.45) is 8.63. The summed E-state index contributed by atoms with van der Waals surface area (Å²) in [4.78, 5) is 13.4. The first-order valence-electron chi connectivity index (χ1n) is 9.65. The van der Waals surface area contributed by atoms with Crippen molar-refractivity contribution in [1.82, 2.24) is 4.98 Å². The molecule has 2 fully saturated rings. The molecule has 8 heteroatoms. The minimum absolute atomic E-state index is 0. The molecule has 0 N–H and O–H groups in total. The van der Waals surface area contributed by atoms with Gasteiger partial charge in [-0.2, -0.15) is 0 Å². The van der Waals surface area contributed by atoms with Crippen molar-refractivity contribution in [3.63, 3.8) is 0 Å². The fourth-order valence-electron chi connectivity index (χ4n) is 3.46. The summed E-state index contributed by atoms with van der Waals surface area (Å²) in [5, 5.41) is 5.04. The van der Waals surface area contributed by atoms with Gasteiger partial charge < -0.3 is 14.8 Å². The predicted molar refractivity (Wildman–Crippen MR) is 117 cm³/mol. The first-order valence-corrected chi connectivity index (χ1v) is 10.4. The Balaban J connectivity index is 0.000000249. The Bertz CT molecular complexity index is 795. The third-order valence-electron chi connectivity index (χ3n) is 4.83. The van der Waals surface area contributed by atoms with Crippen molar-refractivity contribution in [2.75, 3.05) is 13.7 Å². The number of carbonyl (C=O) groups is 1. The maximum atomic E-state index is 9.18. The Morgan fingerprint density at radius 1 is 1.23 bits per heavy atom. The average Bonchev–Trinajstić information content (AvgIpc) is 3.35. The van der Waals surface area contributed by atoms with Gasteiger partial charge >= 0.3 is 51.4 Å². The molecule has 3 unspecified atom stereocenters. The average molecular weight is 477 g/mol. The maximum Gasteiger partial charge on any atom is 1.00 e. The van der Waals surface area contributed by atoms with E-state index in [0.717, 1.165) is 5.69 Å². The normalized spacial score (nSPS) is 20.6. The Hall–Kier alpha value is -0.184. The molecule has 2 aliphatic rings. The van der Waals surface area contributed by atoms with Gasteiger partial charge in [0.15, 0.2) is 0 Å². The number of ether oxygens (including phenoxy) is 2. The number of aromatic nitrogens is 1. The summed E-state index contributed by atoms with van der Waals surface area (Å²) in [5.74, 6) is 0.612. The number of halogens is 2. The molecular formula is C22H27Cl2KN2O3. The van der Waals surface area contributed by atoms with Crippen molar-refractivity contribution in [1.29, 1.82) is 0 Å². The van der Waals surface area contributed by atoms with E-state index in [4.69, 9.17) is 27.9 Å². The van der Waals surface area contributed by atoms with E-state index in [1.165, 1.54) is 30.4 Å². The number of carbonyl (C=O) groups excluding carboxylic acids is 1. The van der Waals surface area contributed by atoms with E-state index >= 15 is 0 Å². The van der Waals surface area contributed by atoms with E-state index < -0.39 is 0 Å². The second-order valence-corrected chi connectivity index (χ2v) is 7.70. The van der Waals surface area contributed by atoms with Crippen LogP contribution in [0.5, 0.6) is 0 Å². The molecule has 3 heterocycles. The van der Waals surface area contributed by atoms with Crippen molar-refractivity contribution >= 4 is 35.4 Å². The van der Waals surface area contributed by atoms with Crippen LogP contribution < -0.4 is 51.4 Å². The monoisotopic (exact) mass is 476 g/mol. The van der Waals surface area contributed by atoms with Crippen LogP contribution >= 0.6 is 23.2 Å². The molecule has 1 aromatic heterocycles. The van der Waals surface area contributed by atoms with Crippen molar-refractivity contribution < 1.29 is 65.7 Å².